The molecule has 2 aromatic rings. The van der Waals surface area contributed by atoms with Crippen molar-refractivity contribution >= 4 is 5.97 Å². The second kappa shape index (κ2) is 7.29. The minimum atomic E-state index is -0.363. The molecule has 0 radical (unpaired) electrons. The summed E-state index contributed by atoms with van der Waals surface area (Å²) in [5.41, 5.74) is 2.71. The summed E-state index contributed by atoms with van der Waals surface area (Å²) in [5, 5.41) is 0. The Morgan fingerprint density at radius 1 is 1.00 bits per heavy atom. The minimum absolute atomic E-state index is 0.357. The average Bonchev–Trinajstić information content (AvgIpc) is 2.54. The summed E-state index contributed by atoms with van der Waals surface area (Å²) >= 11 is 0. The molecule has 0 aliphatic carbocycles. The van der Waals surface area contributed by atoms with Gasteiger partial charge in [0.1, 0.15) is 12.0 Å². The van der Waals surface area contributed by atoms with Crippen LogP contribution in [0, 0.1) is 0 Å². The van der Waals surface area contributed by atoms with E-state index in [1.807, 2.05) is 42.5 Å². The molecule has 0 aromatic heterocycles. The van der Waals surface area contributed by atoms with Crippen LogP contribution in [0.15, 0.2) is 66.4 Å². The number of carbonyl (C=O) groups is 1. The van der Waals surface area contributed by atoms with Gasteiger partial charge in [0, 0.05) is 0 Å². The second-order valence-corrected chi connectivity index (χ2v) is 4.53. The standard InChI is InChI=1S/C18H18O3/c1-3-20-18(19)14(2)13-21-17-11-9-16(10-12-17)15-7-5-4-6-8-15/h4-13H,3H2,1-2H3/b14-13+. The first-order valence-electron chi connectivity index (χ1n) is 6.86. The topological polar surface area (TPSA) is 35.5 Å². The van der Waals surface area contributed by atoms with Gasteiger partial charge in [-0.2, -0.15) is 0 Å². The van der Waals surface area contributed by atoms with Gasteiger partial charge in [0.05, 0.1) is 12.2 Å². The normalized spacial score (nSPS) is 11.0. The van der Waals surface area contributed by atoms with Crippen molar-refractivity contribution in [1.29, 1.82) is 0 Å². The molecule has 0 unspecified atom stereocenters. The van der Waals surface area contributed by atoms with Gasteiger partial charge in [-0.05, 0) is 37.1 Å². The molecule has 0 spiro atoms. The van der Waals surface area contributed by atoms with Gasteiger partial charge in [0.2, 0.25) is 0 Å². The van der Waals surface area contributed by atoms with Crippen LogP contribution < -0.4 is 4.74 Å². The Hall–Kier alpha value is -2.55. The first kappa shape index (κ1) is 14.9. The fraction of sp³-hybridized carbons (Fsp3) is 0.167. The summed E-state index contributed by atoms with van der Waals surface area (Å²) in [6.07, 6.45) is 1.41. The van der Waals surface area contributed by atoms with Crippen molar-refractivity contribution in [2.24, 2.45) is 0 Å². The van der Waals surface area contributed by atoms with Crippen LogP contribution in [0.3, 0.4) is 0 Å². The molecule has 0 aliphatic heterocycles. The van der Waals surface area contributed by atoms with Crippen LogP contribution in [-0.2, 0) is 9.53 Å². The van der Waals surface area contributed by atoms with E-state index in [1.54, 1.807) is 13.8 Å². The summed E-state index contributed by atoms with van der Waals surface area (Å²) < 4.78 is 10.3. The van der Waals surface area contributed by atoms with Crippen molar-refractivity contribution in [1.82, 2.24) is 0 Å². The summed E-state index contributed by atoms with van der Waals surface area (Å²) in [7, 11) is 0. The number of benzene rings is 2. The fourth-order valence-electron chi connectivity index (χ4n) is 1.81. The van der Waals surface area contributed by atoms with Crippen molar-refractivity contribution in [2.75, 3.05) is 6.61 Å². The maximum atomic E-state index is 11.4. The van der Waals surface area contributed by atoms with Crippen molar-refractivity contribution < 1.29 is 14.3 Å². The van der Waals surface area contributed by atoms with Crippen LogP contribution in [0.25, 0.3) is 11.1 Å². The molecule has 2 rings (SSSR count). The molecule has 0 bridgehead atoms. The van der Waals surface area contributed by atoms with Crippen LogP contribution in [0.2, 0.25) is 0 Å². The quantitative estimate of drug-likeness (QED) is 0.468. The molecule has 0 saturated carbocycles. The molecular weight excluding hydrogens is 264 g/mol. The number of hydrogen-bond acceptors (Lipinski definition) is 3. The highest BCUT2D eigenvalue weighted by Gasteiger charge is 2.04. The molecule has 0 atom stereocenters. The predicted octanol–water partition coefficient (Wildman–Crippen LogP) is 4.20. The molecule has 0 amide bonds. The third kappa shape index (κ3) is 4.21. The average molecular weight is 282 g/mol. The lowest BCUT2D eigenvalue weighted by Crippen LogP contribution is -2.06. The van der Waals surface area contributed by atoms with Crippen LogP contribution in [0.5, 0.6) is 5.75 Å². The van der Waals surface area contributed by atoms with Crippen molar-refractivity contribution in [3.05, 3.63) is 66.4 Å². The molecule has 0 aliphatic rings. The van der Waals surface area contributed by atoms with E-state index in [9.17, 15) is 4.79 Å². The highest BCUT2D eigenvalue weighted by Crippen LogP contribution is 2.22. The molecule has 0 saturated heterocycles. The lowest BCUT2D eigenvalue weighted by molar-refractivity contribution is -0.138. The zero-order chi connectivity index (χ0) is 15.1. The number of ether oxygens (including phenoxy) is 2. The smallest absolute Gasteiger partial charge is 0.336 e. The SMILES string of the molecule is CCOC(=O)/C(C)=C/Oc1ccc(-c2ccccc2)cc1. The van der Waals surface area contributed by atoms with Gasteiger partial charge in [-0.3, -0.25) is 0 Å². The van der Waals surface area contributed by atoms with Crippen LogP contribution >= 0.6 is 0 Å². The van der Waals surface area contributed by atoms with E-state index in [-0.39, 0.29) is 5.97 Å². The third-order valence-electron chi connectivity index (χ3n) is 2.93. The third-order valence-corrected chi connectivity index (χ3v) is 2.93. The van der Waals surface area contributed by atoms with Gasteiger partial charge in [-0.15, -0.1) is 0 Å². The van der Waals surface area contributed by atoms with Crippen molar-refractivity contribution in [3.8, 4) is 16.9 Å². The van der Waals surface area contributed by atoms with E-state index in [0.717, 1.165) is 11.1 Å². The molecule has 3 nitrogen and oxygen atoms in total. The highest BCUT2D eigenvalue weighted by atomic mass is 16.5. The van der Waals surface area contributed by atoms with E-state index < -0.39 is 0 Å². The molecule has 0 heterocycles. The first-order chi connectivity index (χ1) is 10.2. The summed E-state index contributed by atoms with van der Waals surface area (Å²) in [6.45, 7) is 3.79. The Kier molecular flexibility index (Phi) is 5.16. The molecule has 3 heteroatoms. The Bertz CT molecular complexity index is 613. The molecular formula is C18H18O3. The van der Waals surface area contributed by atoms with Crippen molar-refractivity contribution in [2.45, 2.75) is 13.8 Å². The molecule has 21 heavy (non-hydrogen) atoms. The predicted molar refractivity (Wildman–Crippen MR) is 82.9 cm³/mol. The van der Waals surface area contributed by atoms with Crippen LogP contribution in [-0.4, -0.2) is 12.6 Å². The fourth-order valence-corrected chi connectivity index (χ4v) is 1.81. The van der Waals surface area contributed by atoms with E-state index in [4.69, 9.17) is 9.47 Å². The monoisotopic (exact) mass is 282 g/mol. The Labute approximate surface area is 124 Å². The van der Waals surface area contributed by atoms with Gasteiger partial charge in [0.15, 0.2) is 0 Å². The number of hydrogen-bond donors (Lipinski definition) is 0. The Morgan fingerprint density at radius 2 is 1.62 bits per heavy atom. The van der Waals surface area contributed by atoms with E-state index >= 15 is 0 Å². The van der Waals surface area contributed by atoms with E-state index in [1.165, 1.54) is 6.26 Å². The highest BCUT2D eigenvalue weighted by molar-refractivity contribution is 5.87. The second-order valence-electron chi connectivity index (χ2n) is 4.53. The molecule has 108 valence electrons. The maximum absolute atomic E-state index is 11.4. The number of carbonyl (C=O) groups excluding carboxylic acids is 1. The molecule has 0 fully saturated rings. The number of rotatable bonds is 5. The summed E-state index contributed by atoms with van der Waals surface area (Å²) in [4.78, 5) is 11.4. The maximum Gasteiger partial charge on any atom is 0.336 e. The largest absolute Gasteiger partial charge is 0.464 e. The lowest BCUT2D eigenvalue weighted by atomic mass is 10.1. The van der Waals surface area contributed by atoms with Gasteiger partial charge >= 0.3 is 5.97 Å². The first-order valence-corrected chi connectivity index (χ1v) is 6.86. The van der Waals surface area contributed by atoms with Gasteiger partial charge < -0.3 is 9.47 Å². The van der Waals surface area contributed by atoms with Gasteiger partial charge in [0.25, 0.3) is 0 Å². The van der Waals surface area contributed by atoms with Gasteiger partial charge in [-0.1, -0.05) is 42.5 Å². The lowest BCUT2D eigenvalue weighted by Gasteiger charge is -2.05. The molecule has 2 aromatic carbocycles. The minimum Gasteiger partial charge on any atom is -0.464 e. The van der Waals surface area contributed by atoms with Crippen LogP contribution in [0.4, 0.5) is 0 Å². The van der Waals surface area contributed by atoms with Crippen molar-refractivity contribution in [3.63, 3.8) is 0 Å². The molecule has 0 N–H and O–H groups in total. The van der Waals surface area contributed by atoms with E-state index in [0.29, 0.717) is 17.9 Å². The zero-order valence-electron chi connectivity index (χ0n) is 12.2. The van der Waals surface area contributed by atoms with Crippen LogP contribution in [0.1, 0.15) is 13.8 Å². The Balaban J connectivity index is 2.03. The van der Waals surface area contributed by atoms with Gasteiger partial charge in [-0.25, -0.2) is 4.79 Å². The number of esters is 1. The zero-order valence-corrected chi connectivity index (χ0v) is 12.2. The Morgan fingerprint density at radius 3 is 2.24 bits per heavy atom. The summed E-state index contributed by atoms with van der Waals surface area (Å²) in [5.74, 6) is 0.316. The van der Waals surface area contributed by atoms with E-state index in [2.05, 4.69) is 12.1 Å². The summed E-state index contributed by atoms with van der Waals surface area (Å²) in [6, 6.07) is 17.8.